The van der Waals surface area contributed by atoms with Crippen molar-refractivity contribution in [1.29, 1.82) is 0 Å². The molecular weight excluding hydrogens is 391 g/mol. The smallest absolute Gasteiger partial charge is 0.227 e. The summed E-state index contributed by atoms with van der Waals surface area (Å²) >= 11 is 0. The van der Waals surface area contributed by atoms with Gasteiger partial charge < -0.3 is 16.4 Å². The predicted octanol–water partition coefficient (Wildman–Crippen LogP) is 2.76. The van der Waals surface area contributed by atoms with Crippen LogP contribution in [0.5, 0.6) is 0 Å². The van der Waals surface area contributed by atoms with Crippen molar-refractivity contribution in [3.8, 4) is 0 Å². The van der Waals surface area contributed by atoms with Gasteiger partial charge in [0.2, 0.25) is 5.91 Å². The Labute approximate surface area is 150 Å². The van der Waals surface area contributed by atoms with Gasteiger partial charge in [0, 0.05) is 12.2 Å². The summed E-state index contributed by atoms with van der Waals surface area (Å²) < 4.78 is 0. The highest BCUT2D eigenvalue weighted by molar-refractivity contribution is 14.0. The van der Waals surface area contributed by atoms with Gasteiger partial charge in [0.05, 0.1) is 12.0 Å². The number of halogens is 1. The first-order valence-corrected chi connectivity index (χ1v) is 7.33. The monoisotopic (exact) mass is 418 g/mol. The number of carbonyl (C=O) groups excluding carboxylic acids is 1. The largest absolute Gasteiger partial charge is 0.370 e. The lowest BCUT2D eigenvalue weighted by Gasteiger charge is -2.21. The van der Waals surface area contributed by atoms with Gasteiger partial charge in [-0.3, -0.25) is 9.79 Å². The molecule has 0 aliphatic heterocycles. The summed E-state index contributed by atoms with van der Waals surface area (Å²) in [6.45, 7) is 8.66. The standard InChI is InChI=1S/C16H26N4O.HI/c1-5-12-8-7-9-13(10-12)20-15(17)19-11-16(3,4)14(21)18-6-2;/h7-10H,5-6,11H2,1-4H3,(H,18,21)(H3,17,19,20);1H. The van der Waals surface area contributed by atoms with Crippen LogP contribution in [-0.2, 0) is 11.2 Å². The van der Waals surface area contributed by atoms with E-state index in [1.165, 1.54) is 5.56 Å². The van der Waals surface area contributed by atoms with Crippen LogP contribution in [0.25, 0.3) is 0 Å². The maximum absolute atomic E-state index is 11.9. The normalized spacial score (nSPS) is 11.5. The Bertz CT molecular complexity index is 515. The minimum atomic E-state index is -0.576. The molecule has 1 rings (SSSR count). The van der Waals surface area contributed by atoms with Gasteiger partial charge in [0.1, 0.15) is 0 Å². The zero-order chi connectivity index (χ0) is 15.9. The Hall–Kier alpha value is -1.31. The Morgan fingerprint density at radius 3 is 2.59 bits per heavy atom. The van der Waals surface area contributed by atoms with Crippen molar-refractivity contribution in [3.63, 3.8) is 0 Å². The van der Waals surface area contributed by atoms with E-state index < -0.39 is 5.41 Å². The van der Waals surface area contributed by atoms with Crippen molar-refractivity contribution in [2.75, 3.05) is 18.4 Å². The van der Waals surface area contributed by atoms with Crippen LogP contribution in [0, 0.1) is 5.41 Å². The van der Waals surface area contributed by atoms with Crippen LogP contribution in [0.3, 0.4) is 0 Å². The second kappa shape index (κ2) is 9.66. The van der Waals surface area contributed by atoms with E-state index in [0.29, 0.717) is 19.0 Å². The first-order chi connectivity index (χ1) is 9.89. The number of nitrogens with zero attached hydrogens (tertiary/aromatic N) is 1. The summed E-state index contributed by atoms with van der Waals surface area (Å²) in [6.07, 6.45) is 0.969. The maximum Gasteiger partial charge on any atom is 0.227 e. The summed E-state index contributed by atoms with van der Waals surface area (Å²) in [7, 11) is 0. The van der Waals surface area contributed by atoms with E-state index in [0.717, 1.165) is 12.1 Å². The molecule has 0 unspecified atom stereocenters. The Balaban J connectivity index is 0.00000441. The average Bonchev–Trinajstić information content (AvgIpc) is 2.45. The first kappa shape index (κ1) is 20.7. The van der Waals surface area contributed by atoms with Gasteiger partial charge in [-0.1, -0.05) is 19.1 Å². The van der Waals surface area contributed by atoms with Gasteiger partial charge in [-0.15, -0.1) is 24.0 Å². The molecular formula is C16H27IN4O. The average molecular weight is 418 g/mol. The highest BCUT2D eigenvalue weighted by atomic mass is 127. The van der Waals surface area contributed by atoms with Crippen LogP contribution < -0.4 is 16.4 Å². The SMILES string of the molecule is CCNC(=O)C(C)(C)CN=C(N)Nc1cccc(CC)c1.I. The lowest BCUT2D eigenvalue weighted by molar-refractivity contribution is -0.128. The molecule has 0 radical (unpaired) electrons. The van der Waals surface area contributed by atoms with Crippen molar-refractivity contribution in [2.45, 2.75) is 34.1 Å². The van der Waals surface area contributed by atoms with Crippen molar-refractivity contribution in [2.24, 2.45) is 16.1 Å². The van der Waals surface area contributed by atoms with E-state index in [2.05, 4.69) is 28.6 Å². The van der Waals surface area contributed by atoms with Crippen molar-refractivity contribution >= 4 is 41.5 Å². The maximum atomic E-state index is 11.9. The third kappa shape index (κ3) is 6.64. The number of guanidine groups is 1. The third-order valence-electron chi connectivity index (χ3n) is 3.20. The summed E-state index contributed by atoms with van der Waals surface area (Å²) in [5.74, 6) is 0.301. The minimum Gasteiger partial charge on any atom is -0.370 e. The van der Waals surface area contributed by atoms with Crippen molar-refractivity contribution in [3.05, 3.63) is 29.8 Å². The lowest BCUT2D eigenvalue weighted by Crippen LogP contribution is -2.39. The molecule has 22 heavy (non-hydrogen) atoms. The molecule has 124 valence electrons. The van der Waals surface area contributed by atoms with Crippen molar-refractivity contribution < 1.29 is 4.79 Å². The molecule has 0 aliphatic carbocycles. The van der Waals surface area contributed by atoms with Crippen LogP contribution in [0.15, 0.2) is 29.3 Å². The van der Waals surface area contributed by atoms with Crippen molar-refractivity contribution in [1.82, 2.24) is 5.32 Å². The predicted molar refractivity (Wildman–Crippen MR) is 104 cm³/mol. The fourth-order valence-electron chi connectivity index (χ4n) is 1.81. The fraction of sp³-hybridized carbons (Fsp3) is 0.500. The zero-order valence-corrected chi connectivity index (χ0v) is 16.1. The highest BCUT2D eigenvalue weighted by Crippen LogP contribution is 2.16. The summed E-state index contributed by atoms with van der Waals surface area (Å²) in [6, 6.07) is 8.03. The molecule has 4 N–H and O–H groups in total. The number of benzene rings is 1. The molecule has 0 saturated carbocycles. The van der Waals surface area contributed by atoms with Crippen LogP contribution in [0.4, 0.5) is 5.69 Å². The van der Waals surface area contributed by atoms with Crippen LogP contribution in [-0.4, -0.2) is 25.0 Å². The number of carbonyl (C=O) groups is 1. The molecule has 0 aromatic heterocycles. The molecule has 0 bridgehead atoms. The summed E-state index contributed by atoms with van der Waals surface area (Å²) in [4.78, 5) is 16.1. The van der Waals surface area contributed by atoms with Gasteiger partial charge >= 0.3 is 0 Å². The number of nitrogens with two attached hydrogens (primary N) is 1. The number of aryl methyl sites for hydroxylation is 1. The second-order valence-corrected chi connectivity index (χ2v) is 5.62. The molecule has 0 heterocycles. The summed E-state index contributed by atoms with van der Waals surface area (Å²) in [5, 5.41) is 5.86. The Morgan fingerprint density at radius 1 is 1.32 bits per heavy atom. The Morgan fingerprint density at radius 2 is 2.00 bits per heavy atom. The number of anilines is 1. The van der Waals surface area contributed by atoms with Gasteiger partial charge in [-0.2, -0.15) is 0 Å². The Kier molecular flexibility index (Phi) is 9.08. The number of rotatable bonds is 6. The molecule has 6 heteroatoms. The van der Waals surface area contributed by atoms with Gasteiger partial charge in [0.25, 0.3) is 0 Å². The van der Waals surface area contributed by atoms with Gasteiger partial charge in [0.15, 0.2) is 5.96 Å². The molecule has 0 aliphatic rings. The number of hydrogen-bond acceptors (Lipinski definition) is 2. The molecule has 0 atom stereocenters. The molecule has 1 aromatic rings. The number of hydrogen-bond donors (Lipinski definition) is 3. The fourth-order valence-corrected chi connectivity index (χ4v) is 1.81. The number of aliphatic imine (C=N–C) groups is 1. The molecule has 0 saturated heterocycles. The quantitative estimate of drug-likeness (QED) is 0.378. The van der Waals surface area contributed by atoms with E-state index >= 15 is 0 Å². The molecule has 5 nitrogen and oxygen atoms in total. The highest BCUT2D eigenvalue weighted by Gasteiger charge is 2.26. The molecule has 1 amide bonds. The van der Waals surface area contributed by atoms with Gasteiger partial charge in [-0.25, -0.2) is 0 Å². The van der Waals surface area contributed by atoms with Crippen LogP contribution in [0.2, 0.25) is 0 Å². The number of nitrogens with one attached hydrogen (secondary N) is 2. The van der Waals surface area contributed by atoms with Gasteiger partial charge in [-0.05, 0) is 44.9 Å². The second-order valence-electron chi connectivity index (χ2n) is 5.62. The molecule has 0 spiro atoms. The van der Waals surface area contributed by atoms with E-state index in [-0.39, 0.29) is 29.9 Å². The van der Waals surface area contributed by atoms with E-state index in [4.69, 9.17) is 5.73 Å². The zero-order valence-electron chi connectivity index (χ0n) is 13.8. The third-order valence-corrected chi connectivity index (χ3v) is 3.20. The number of amides is 1. The molecule has 0 fully saturated rings. The lowest BCUT2D eigenvalue weighted by atomic mass is 9.92. The van der Waals surface area contributed by atoms with E-state index in [1.54, 1.807) is 0 Å². The molecule has 1 aromatic carbocycles. The summed E-state index contributed by atoms with van der Waals surface area (Å²) in [5.41, 5.74) is 7.45. The topological polar surface area (TPSA) is 79.5 Å². The van der Waals surface area contributed by atoms with E-state index in [9.17, 15) is 4.79 Å². The van der Waals surface area contributed by atoms with Crippen LogP contribution in [0.1, 0.15) is 33.3 Å². The first-order valence-electron chi connectivity index (χ1n) is 7.33. The minimum absolute atomic E-state index is 0. The van der Waals surface area contributed by atoms with E-state index in [1.807, 2.05) is 39.0 Å². The van der Waals surface area contributed by atoms with Crippen LogP contribution >= 0.6 is 24.0 Å².